The van der Waals surface area contributed by atoms with Gasteiger partial charge in [0.25, 0.3) is 0 Å². The van der Waals surface area contributed by atoms with Crippen molar-refractivity contribution < 1.29 is 9.53 Å². The number of halogens is 1. The fourth-order valence-electron chi connectivity index (χ4n) is 2.89. The van der Waals surface area contributed by atoms with Gasteiger partial charge in [-0.25, -0.2) is 9.98 Å². The Bertz CT molecular complexity index is 580. The average molecular weight is 489 g/mol. The third-order valence-electron chi connectivity index (χ3n) is 4.34. The lowest BCUT2D eigenvalue weighted by molar-refractivity contribution is -0.130. The molecule has 0 atom stereocenters. The van der Waals surface area contributed by atoms with E-state index in [1.54, 1.807) is 13.3 Å². The standard InChI is InChI=1S/C19H31N5O2.HI/c1-3-20-19(23-15-16-9-10-17(26-2)22-14-16)21-11-7-13-24-12-6-4-5-8-18(24)25;/h9-10,14H,3-8,11-13,15H2,1-2H3,(H2,20,21,23);1H. The Morgan fingerprint density at radius 1 is 1.30 bits per heavy atom. The molecule has 1 saturated heterocycles. The number of aromatic nitrogens is 1. The predicted molar refractivity (Wildman–Crippen MR) is 119 cm³/mol. The number of amides is 1. The molecule has 1 amide bonds. The second kappa shape index (κ2) is 13.6. The lowest BCUT2D eigenvalue weighted by atomic mass is 10.2. The highest BCUT2D eigenvalue weighted by Crippen LogP contribution is 2.11. The Morgan fingerprint density at radius 3 is 2.85 bits per heavy atom. The van der Waals surface area contributed by atoms with Crippen LogP contribution in [0.2, 0.25) is 0 Å². The van der Waals surface area contributed by atoms with E-state index in [9.17, 15) is 4.79 Å². The summed E-state index contributed by atoms with van der Waals surface area (Å²) < 4.78 is 5.06. The van der Waals surface area contributed by atoms with Crippen molar-refractivity contribution in [3.63, 3.8) is 0 Å². The second-order valence-electron chi connectivity index (χ2n) is 6.38. The van der Waals surface area contributed by atoms with Crippen LogP contribution in [0, 0.1) is 0 Å². The lowest BCUT2D eigenvalue weighted by Gasteiger charge is -2.20. The van der Waals surface area contributed by atoms with Crippen LogP contribution in [-0.4, -0.2) is 55.0 Å². The molecule has 0 saturated carbocycles. The number of nitrogens with one attached hydrogen (secondary N) is 2. The molecule has 0 radical (unpaired) electrons. The molecule has 8 heteroatoms. The molecule has 1 aromatic heterocycles. The summed E-state index contributed by atoms with van der Waals surface area (Å²) in [5, 5.41) is 6.59. The van der Waals surface area contributed by atoms with E-state index in [0.29, 0.717) is 24.8 Å². The number of methoxy groups -OCH3 is 1. The van der Waals surface area contributed by atoms with Gasteiger partial charge in [-0.1, -0.05) is 12.5 Å². The van der Waals surface area contributed by atoms with E-state index < -0.39 is 0 Å². The van der Waals surface area contributed by atoms with Crippen molar-refractivity contribution in [1.82, 2.24) is 20.5 Å². The van der Waals surface area contributed by atoms with Gasteiger partial charge >= 0.3 is 0 Å². The fraction of sp³-hybridized carbons (Fsp3) is 0.632. The maximum absolute atomic E-state index is 12.0. The van der Waals surface area contributed by atoms with Gasteiger partial charge in [-0.3, -0.25) is 4.79 Å². The lowest BCUT2D eigenvalue weighted by Crippen LogP contribution is -2.39. The molecular weight excluding hydrogens is 457 g/mol. The average Bonchev–Trinajstić information content (AvgIpc) is 2.87. The minimum Gasteiger partial charge on any atom is -0.481 e. The molecule has 2 heterocycles. The van der Waals surface area contributed by atoms with Crippen molar-refractivity contribution in [1.29, 1.82) is 0 Å². The van der Waals surface area contributed by atoms with Crippen LogP contribution >= 0.6 is 24.0 Å². The SMILES string of the molecule is CCNC(=NCc1ccc(OC)nc1)NCCCN1CCCCCC1=O.I. The first-order chi connectivity index (χ1) is 12.7. The van der Waals surface area contributed by atoms with Crippen LogP contribution in [-0.2, 0) is 11.3 Å². The maximum Gasteiger partial charge on any atom is 0.222 e. The third kappa shape index (κ3) is 8.77. The number of rotatable bonds is 8. The summed E-state index contributed by atoms with van der Waals surface area (Å²) in [4.78, 5) is 22.8. The van der Waals surface area contributed by atoms with E-state index in [0.717, 1.165) is 63.4 Å². The Hall–Kier alpha value is -1.58. The monoisotopic (exact) mass is 489 g/mol. The fourth-order valence-corrected chi connectivity index (χ4v) is 2.89. The zero-order valence-electron chi connectivity index (χ0n) is 16.4. The van der Waals surface area contributed by atoms with Crippen LogP contribution < -0.4 is 15.4 Å². The Morgan fingerprint density at radius 2 is 2.15 bits per heavy atom. The quantitative estimate of drug-likeness (QED) is 0.254. The second-order valence-corrected chi connectivity index (χ2v) is 6.38. The topological polar surface area (TPSA) is 78.9 Å². The van der Waals surface area contributed by atoms with Gasteiger partial charge in [0, 0.05) is 44.9 Å². The van der Waals surface area contributed by atoms with Gasteiger partial charge in [-0.15, -0.1) is 24.0 Å². The number of guanidine groups is 1. The summed E-state index contributed by atoms with van der Waals surface area (Å²) in [7, 11) is 1.60. The number of ether oxygens (including phenoxy) is 1. The molecule has 1 fully saturated rings. The van der Waals surface area contributed by atoms with Crippen molar-refractivity contribution in [2.24, 2.45) is 4.99 Å². The molecule has 1 aliphatic heterocycles. The highest BCUT2D eigenvalue weighted by Gasteiger charge is 2.15. The summed E-state index contributed by atoms with van der Waals surface area (Å²) in [6.07, 6.45) is 6.71. The number of hydrogen-bond acceptors (Lipinski definition) is 4. The van der Waals surface area contributed by atoms with E-state index >= 15 is 0 Å². The van der Waals surface area contributed by atoms with Gasteiger partial charge in [0.1, 0.15) is 0 Å². The molecule has 27 heavy (non-hydrogen) atoms. The van der Waals surface area contributed by atoms with E-state index in [1.807, 2.05) is 24.0 Å². The molecular formula is C19H32IN5O2. The van der Waals surface area contributed by atoms with Crippen LogP contribution in [0.15, 0.2) is 23.3 Å². The number of pyridine rings is 1. The van der Waals surface area contributed by atoms with Crippen LogP contribution in [0.1, 0.15) is 44.6 Å². The van der Waals surface area contributed by atoms with Crippen molar-refractivity contribution in [3.8, 4) is 5.88 Å². The van der Waals surface area contributed by atoms with Crippen molar-refractivity contribution in [3.05, 3.63) is 23.9 Å². The first-order valence-electron chi connectivity index (χ1n) is 9.51. The number of carbonyl (C=O) groups is 1. The Balaban J connectivity index is 0.00000364. The minimum absolute atomic E-state index is 0. The molecule has 2 N–H and O–H groups in total. The number of carbonyl (C=O) groups excluding carboxylic acids is 1. The highest BCUT2D eigenvalue weighted by molar-refractivity contribution is 14.0. The highest BCUT2D eigenvalue weighted by atomic mass is 127. The first kappa shape index (κ1) is 23.5. The van der Waals surface area contributed by atoms with Gasteiger partial charge < -0.3 is 20.3 Å². The molecule has 1 aliphatic rings. The Labute approximate surface area is 179 Å². The third-order valence-corrected chi connectivity index (χ3v) is 4.34. The van der Waals surface area contributed by atoms with E-state index in [-0.39, 0.29) is 24.0 Å². The smallest absolute Gasteiger partial charge is 0.222 e. The summed E-state index contributed by atoms with van der Waals surface area (Å²) >= 11 is 0. The number of likely N-dealkylation sites (tertiary alicyclic amines) is 1. The van der Waals surface area contributed by atoms with E-state index in [1.165, 1.54) is 0 Å². The molecule has 152 valence electrons. The molecule has 0 unspecified atom stereocenters. The van der Waals surface area contributed by atoms with Gasteiger partial charge in [0.15, 0.2) is 5.96 Å². The predicted octanol–water partition coefficient (Wildman–Crippen LogP) is 2.56. The molecule has 0 bridgehead atoms. The zero-order valence-corrected chi connectivity index (χ0v) is 18.7. The van der Waals surface area contributed by atoms with Gasteiger partial charge in [0.05, 0.1) is 13.7 Å². The molecule has 7 nitrogen and oxygen atoms in total. The van der Waals surface area contributed by atoms with Gasteiger partial charge in [-0.05, 0) is 31.7 Å². The van der Waals surface area contributed by atoms with Gasteiger partial charge in [0.2, 0.25) is 11.8 Å². The zero-order chi connectivity index (χ0) is 18.6. The molecule has 1 aromatic rings. The minimum atomic E-state index is 0. The maximum atomic E-state index is 12.0. The van der Waals surface area contributed by atoms with E-state index in [4.69, 9.17) is 4.74 Å². The van der Waals surface area contributed by atoms with E-state index in [2.05, 4.69) is 20.6 Å². The van der Waals surface area contributed by atoms with Crippen molar-refractivity contribution >= 4 is 35.8 Å². The van der Waals surface area contributed by atoms with Crippen LogP contribution in [0.25, 0.3) is 0 Å². The van der Waals surface area contributed by atoms with Crippen molar-refractivity contribution in [2.75, 3.05) is 33.3 Å². The Kier molecular flexibility index (Phi) is 11.8. The molecule has 0 aromatic carbocycles. The molecule has 0 aliphatic carbocycles. The molecule has 2 rings (SSSR count). The number of nitrogens with zero attached hydrogens (tertiary/aromatic N) is 3. The number of hydrogen-bond donors (Lipinski definition) is 2. The summed E-state index contributed by atoms with van der Waals surface area (Å²) in [5.74, 6) is 1.69. The number of aliphatic imine (C=N–C) groups is 1. The first-order valence-corrected chi connectivity index (χ1v) is 9.51. The van der Waals surface area contributed by atoms with Crippen LogP contribution in [0.3, 0.4) is 0 Å². The van der Waals surface area contributed by atoms with Gasteiger partial charge in [-0.2, -0.15) is 0 Å². The summed E-state index contributed by atoms with van der Waals surface area (Å²) in [6, 6.07) is 3.80. The van der Waals surface area contributed by atoms with Crippen LogP contribution in [0.5, 0.6) is 5.88 Å². The summed E-state index contributed by atoms with van der Waals surface area (Å²) in [5.41, 5.74) is 1.03. The normalized spacial score (nSPS) is 15.0. The van der Waals surface area contributed by atoms with Crippen LogP contribution in [0.4, 0.5) is 0 Å². The molecule has 0 spiro atoms. The largest absolute Gasteiger partial charge is 0.481 e. The van der Waals surface area contributed by atoms with Crippen molar-refractivity contribution in [2.45, 2.75) is 45.6 Å². The summed E-state index contributed by atoms with van der Waals surface area (Å²) in [6.45, 7) is 5.90.